The van der Waals surface area contributed by atoms with Crippen molar-refractivity contribution >= 4 is 27.6 Å². The summed E-state index contributed by atoms with van der Waals surface area (Å²) < 4.78 is 27.4. The second-order valence-electron chi connectivity index (χ2n) is 4.07. The highest BCUT2D eigenvalue weighted by Gasteiger charge is 2.17. The summed E-state index contributed by atoms with van der Waals surface area (Å²) in [5, 5.41) is 7.41. The van der Waals surface area contributed by atoms with E-state index in [1.807, 2.05) is 0 Å². The van der Waals surface area contributed by atoms with Crippen molar-refractivity contribution in [3.8, 4) is 0 Å². The molecule has 0 bridgehead atoms. The predicted octanol–water partition coefficient (Wildman–Crippen LogP) is 0.534. The van der Waals surface area contributed by atoms with Gasteiger partial charge in [-0.25, -0.2) is 13.6 Å². The maximum absolute atomic E-state index is 11.6. The number of primary sulfonamides is 1. The maximum Gasteiger partial charge on any atom is 0.315 e. The van der Waals surface area contributed by atoms with Gasteiger partial charge in [0.2, 0.25) is 15.9 Å². The molecule has 0 aliphatic carbocycles. The zero-order chi connectivity index (χ0) is 15.3. The molecule has 110 valence electrons. The zero-order valence-electron chi connectivity index (χ0n) is 11.2. The van der Waals surface area contributed by atoms with Crippen molar-refractivity contribution < 1.29 is 22.7 Å². The summed E-state index contributed by atoms with van der Waals surface area (Å²) in [6.45, 7) is 3.52. The molecule has 0 aliphatic heterocycles. The zero-order valence-corrected chi connectivity index (χ0v) is 12.0. The van der Waals surface area contributed by atoms with Crippen LogP contribution in [0.1, 0.15) is 18.9 Å². The molecule has 0 unspecified atom stereocenters. The second kappa shape index (κ2) is 6.49. The number of amides is 1. The van der Waals surface area contributed by atoms with E-state index >= 15 is 0 Å². The lowest BCUT2D eigenvalue weighted by Crippen LogP contribution is -2.21. The lowest BCUT2D eigenvalue weighted by molar-refractivity contribution is -0.145. The monoisotopic (exact) mass is 300 g/mol. The van der Waals surface area contributed by atoms with Crippen molar-refractivity contribution in [3.63, 3.8) is 0 Å². The Morgan fingerprint density at radius 1 is 1.35 bits per heavy atom. The van der Waals surface area contributed by atoms with E-state index in [0.29, 0.717) is 0 Å². The number of carbonyl (C=O) groups excluding carboxylic acids is 2. The van der Waals surface area contributed by atoms with Crippen LogP contribution in [-0.4, -0.2) is 26.9 Å². The van der Waals surface area contributed by atoms with Crippen LogP contribution in [0.15, 0.2) is 23.1 Å². The molecule has 20 heavy (non-hydrogen) atoms. The summed E-state index contributed by atoms with van der Waals surface area (Å²) in [4.78, 5) is 22.6. The van der Waals surface area contributed by atoms with Gasteiger partial charge in [-0.15, -0.1) is 0 Å². The molecule has 0 aliphatic rings. The molecule has 0 aromatic heterocycles. The molecule has 0 saturated heterocycles. The molecule has 0 radical (unpaired) electrons. The third kappa shape index (κ3) is 4.63. The first-order valence-electron chi connectivity index (χ1n) is 5.83. The normalized spacial score (nSPS) is 10.9. The molecule has 3 N–H and O–H groups in total. The van der Waals surface area contributed by atoms with Crippen LogP contribution in [0.2, 0.25) is 0 Å². The molecule has 8 heteroatoms. The number of esters is 1. The Labute approximate surface area is 117 Å². The predicted molar refractivity (Wildman–Crippen MR) is 72.4 cm³/mol. The highest BCUT2D eigenvalue weighted by atomic mass is 32.2. The first-order chi connectivity index (χ1) is 9.24. The SMILES string of the molecule is CCOC(=O)CC(=O)Nc1cc(C)ccc1S(N)(=O)=O. The number of hydrogen-bond acceptors (Lipinski definition) is 5. The largest absolute Gasteiger partial charge is 0.466 e. The van der Waals surface area contributed by atoms with Gasteiger partial charge in [0.05, 0.1) is 12.3 Å². The minimum atomic E-state index is -3.97. The number of ether oxygens (including phenoxy) is 1. The van der Waals surface area contributed by atoms with E-state index in [-0.39, 0.29) is 17.2 Å². The molecule has 0 spiro atoms. The average molecular weight is 300 g/mol. The average Bonchev–Trinajstić information content (AvgIpc) is 2.26. The Morgan fingerprint density at radius 2 is 2.00 bits per heavy atom. The Kier molecular flexibility index (Phi) is 5.23. The Hall–Kier alpha value is -1.93. The quantitative estimate of drug-likeness (QED) is 0.608. The summed E-state index contributed by atoms with van der Waals surface area (Å²) in [6, 6.07) is 4.31. The number of aryl methyl sites for hydroxylation is 1. The summed E-state index contributed by atoms with van der Waals surface area (Å²) in [5.74, 6) is -1.35. The summed E-state index contributed by atoms with van der Waals surface area (Å²) in [6.07, 6.45) is -0.494. The molecule has 1 rings (SSSR count). The second-order valence-corrected chi connectivity index (χ2v) is 5.60. The molecule has 0 atom stereocenters. The third-order valence-electron chi connectivity index (χ3n) is 2.33. The Morgan fingerprint density at radius 3 is 2.55 bits per heavy atom. The fourth-order valence-electron chi connectivity index (χ4n) is 1.53. The van der Waals surface area contributed by atoms with E-state index in [4.69, 9.17) is 5.14 Å². The van der Waals surface area contributed by atoms with Crippen LogP contribution < -0.4 is 10.5 Å². The molecule has 7 nitrogen and oxygen atoms in total. The van der Waals surface area contributed by atoms with Gasteiger partial charge in [-0.2, -0.15) is 0 Å². The van der Waals surface area contributed by atoms with Crippen LogP contribution in [0.4, 0.5) is 5.69 Å². The van der Waals surface area contributed by atoms with E-state index in [9.17, 15) is 18.0 Å². The number of nitrogens with two attached hydrogens (primary N) is 1. The Balaban J connectivity index is 2.94. The van der Waals surface area contributed by atoms with Crippen molar-refractivity contribution in [3.05, 3.63) is 23.8 Å². The van der Waals surface area contributed by atoms with Crippen molar-refractivity contribution in [2.75, 3.05) is 11.9 Å². The molecule has 0 fully saturated rings. The fraction of sp³-hybridized carbons (Fsp3) is 0.333. The standard InChI is InChI=1S/C12H16N2O5S/c1-3-19-12(16)7-11(15)14-9-6-8(2)4-5-10(9)20(13,17)18/h4-6H,3,7H2,1-2H3,(H,14,15)(H2,13,17,18). The van der Waals surface area contributed by atoms with Gasteiger partial charge in [-0.1, -0.05) is 6.07 Å². The summed E-state index contributed by atoms with van der Waals surface area (Å²) in [7, 11) is -3.97. The number of carbonyl (C=O) groups is 2. The van der Waals surface area contributed by atoms with Crippen molar-refractivity contribution in [2.24, 2.45) is 5.14 Å². The number of sulfonamides is 1. The first-order valence-corrected chi connectivity index (χ1v) is 7.37. The number of nitrogens with one attached hydrogen (secondary N) is 1. The highest BCUT2D eigenvalue weighted by Crippen LogP contribution is 2.21. The topological polar surface area (TPSA) is 116 Å². The number of anilines is 1. The van der Waals surface area contributed by atoms with Gasteiger partial charge < -0.3 is 10.1 Å². The minimum absolute atomic E-state index is 0.0433. The molecule has 0 saturated carbocycles. The Bertz CT molecular complexity index is 625. The van der Waals surface area contributed by atoms with Crippen molar-refractivity contribution in [2.45, 2.75) is 25.2 Å². The number of benzene rings is 1. The van der Waals surface area contributed by atoms with Gasteiger partial charge >= 0.3 is 5.97 Å². The van der Waals surface area contributed by atoms with Gasteiger partial charge in [0, 0.05) is 0 Å². The van der Waals surface area contributed by atoms with Crippen molar-refractivity contribution in [1.82, 2.24) is 0 Å². The molecule has 1 aromatic rings. The molecule has 1 aromatic carbocycles. The van der Waals surface area contributed by atoms with Crippen LogP contribution in [-0.2, 0) is 24.3 Å². The first kappa shape index (κ1) is 16.1. The minimum Gasteiger partial charge on any atom is -0.466 e. The third-order valence-corrected chi connectivity index (χ3v) is 3.29. The smallest absolute Gasteiger partial charge is 0.315 e. The van der Waals surface area contributed by atoms with Crippen molar-refractivity contribution in [1.29, 1.82) is 0 Å². The maximum atomic E-state index is 11.6. The van der Waals surface area contributed by atoms with Crippen LogP contribution in [0.5, 0.6) is 0 Å². The van der Waals surface area contributed by atoms with Gasteiger partial charge in [0.25, 0.3) is 0 Å². The van der Waals surface area contributed by atoms with Crippen LogP contribution >= 0.6 is 0 Å². The van der Waals surface area contributed by atoms with Gasteiger partial charge in [-0.05, 0) is 31.5 Å². The van der Waals surface area contributed by atoms with E-state index in [1.54, 1.807) is 19.9 Å². The van der Waals surface area contributed by atoms with E-state index in [0.717, 1.165) is 5.56 Å². The van der Waals surface area contributed by atoms with E-state index < -0.39 is 28.3 Å². The van der Waals surface area contributed by atoms with Crippen LogP contribution in [0, 0.1) is 6.92 Å². The molecule has 1 amide bonds. The number of rotatable bonds is 5. The van der Waals surface area contributed by atoms with Crippen LogP contribution in [0.3, 0.4) is 0 Å². The van der Waals surface area contributed by atoms with Gasteiger partial charge in [0.15, 0.2) is 0 Å². The van der Waals surface area contributed by atoms with Gasteiger partial charge in [-0.3, -0.25) is 9.59 Å². The van der Waals surface area contributed by atoms with E-state index in [2.05, 4.69) is 10.1 Å². The highest BCUT2D eigenvalue weighted by molar-refractivity contribution is 7.89. The fourth-order valence-corrected chi connectivity index (χ4v) is 2.20. The summed E-state index contributed by atoms with van der Waals surface area (Å²) >= 11 is 0. The molecule has 0 heterocycles. The lowest BCUT2D eigenvalue weighted by atomic mass is 10.2. The molecular weight excluding hydrogens is 284 g/mol. The lowest BCUT2D eigenvalue weighted by Gasteiger charge is -2.10. The molecular formula is C12H16N2O5S. The summed E-state index contributed by atoms with van der Waals surface area (Å²) in [5.41, 5.74) is 0.783. The van der Waals surface area contributed by atoms with E-state index in [1.165, 1.54) is 12.1 Å². The number of hydrogen-bond donors (Lipinski definition) is 2. The van der Waals surface area contributed by atoms with Gasteiger partial charge in [0.1, 0.15) is 11.3 Å². The van der Waals surface area contributed by atoms with Crippen LogP contribution in [0.25, 0.3) is 0 Å².